The fourth-order valence-corrected chi connectivity index (χ4v) is 3.55. The van der Waals surface area contributed by atoms with Crippen molar-refractivity contribution >= 4 is 16.9 Å². The maximum Gasteiger partial charge on any atom is 0.261 e. The number of anilines is 1. The molecule has 4 rings (SSSR count). The fourth-order valence-electron chi connectivity index (χ4n) is 3.55. The van der Waals surface area contributed by atoms with Gasteiger partial charge in [-0.3, -0.25) is 9.36 Å². The number of rotatable bonds is 5. The molecule has 0 bridgehead atoms. The van der Waals surface area contributed by atoms with Crippen molar-refractivity contribution in [3.05, 3.63) is 58.1 Å². The van der Waals surface area contributed by atoms with Crippen molar-refractivity contribution in [2.24, 2.45) is 0 Å². The number of fused-ring (bicyclic) bond motifs is 1. The lowest BCUT2D eigenvalue weighted by Gasteiger charge is -2.21. The number of aliphatic hydroxyl groups is 3. The second-order valence-electron chi connectivity index (χ2n) is 6.70. The Morgan fingerprint density at radius 2 is 2.03 bits per heavy atom. The smallest absolute Gasteiger partial charge is 0.261 e. The van der Waals surface area contributed by atoms with Crippen LogP contribution < -0.4 is 10.9 Å². The first-order valence-electron chi connectivity index (χ1n) is 8.98. The first-order chi connectivity index (χ1) is 14.1. The van der Waals surface area contributed by atoms with E-state index in [1.165, 1.54) is 10.9 Å². The van der Waals surface area contributed by atoms with Gasteiger partial charge in [-0.2, -0.15) is 5.26 Å². The Hall–Kier alpha value is -3.23. The molecule has 1 aromatic carbocycles. The molecule has 1 fully saturated rings. The summed E-state index contributed by atoms with van der Waals surface area (Å²) in [6, 6.07) is 11.4. The Kier molecular flexibility index (Phi) is 5.04. The van der Waals surface area contributed by atoms with Gasteiger partial charge in [-0.05, 0) is 5.56 Å². The summed E-state index contributed by atoms with van der Waals surface area (Å²) in [7, 11) is 0. The Balaban J connectivity index is 1.87. The maximum absolute atomic E-state index is 12.4. The van der Waals surface area contributed by atoms with Crippen molar-refractivity contribution in [2.75, 3.05) is 11.9 Å². The zero-order valence-corrected chi connectivity index (χ0v) is 15.2. The Labute approximate surface area is 164 Å². The fraction of sp³-hybridized carbons (Fsp3) is 0.316. The number of hydrogen-bond acceptors (Lipinski definition) is 8. The highest BCUT2D eigenvalue weighted by Gasteiger charge is 2.45. The zero-order chi connectivity index (χ0) is 20.5. The average Bonchev–Trinajstić information content (AvgIpc) is 3.21. The molecule has 10 nitrogen and oxygen atoms in total. The number of ether oxygens (including phenoxy) is 1. The monoisotopic (exact) mass is 397 g/mol. The number of nitrogens with one attached hydrogen (secondary N) is 2. The van der Waals surface area contributed by atoms with Crippen LogP contribution >= 0.6 is 0 Å². The van der Waals surface area contributed by atoms with Gasteiger partial charge in [0.1, 0.15) is 41.1 Å². The predicted octanol–water partition coefficient (Wildman–Crippen LogP) is -0.180. The van der Waals surface area contributed by atoms with Gasteiger partial charge < -0.3 is 30.4 Å². The summed E-state index contributed by atoms with van der Waals surface area (Å²) in [6.45, 7) is -0.168. The number of aliphatic hydroxyl groups excluding tert-OH is 3. The van der Waals surface area contributed by atoms with E-state index in [9.17, 15) is 25.4 Å². The van der Waals surface area contributed by atoms with Gasteiger partial charge in [0.25, 0.3) is 5.56 Å². The minimum absolute atomic E-state index is 0.0445. The van der Waals surface area contributed by atoms with Crippen LogP contribution in [0, 0.1) is 11.3 Å². The first kappa shape index (κ1) is 19.1. The number of aromatic amines is 1. The minimum Gasteiger partial charge on any atom is -0.394 e. The summed E-state index contributed by atoms with van der Waals surface area (Å²) in [4.78, 5) is 19.0. The van der Waals surface area contributed by atoms with Crippen LogP contribution in [0.4, 0.5) is 5.82 Å². The lowest BCUT2D eigenvalue weighted by Crippen LogP contribution is -2.33. The molecule has 150 valence electrons. The number of aromatic nitrogens is 3. The van der Waals surface area contributed by atoms with E-state index in [0.29, 0.717) is 6.54 Å². The largest absolute Gasteiger partial charge is 0.394 e. The summed E-state index contributed by atoms with van der Waals surface area (Å²) in [5.41, 5.74) is 0.578. The van der Waals surface area contributed by atoms with Gasteiger partial charge in [-0.1, -0.05) is 30.3 Å². The lowest BCUT2D eigenvalue weighted by atomic mass is 10.1. The highest BCUT2D eigenvalue weighted by atomic mass is 16.6. The third kappa shape index (κ3) is 3.16. The van der Waals surface area contributed by atoms with Crippen LogP contribution in [0.1, 0.15) is 17.4 Å². The molecule has 1 saturated heterocycles. The Morgan fingerprint density at radius 1 is 1.28 bits per heavy atom. The third-order valence-electron chi connectivity index (χ3n) is 4.98. The molecular weight excluding hydrogens is 378 g/mol. The van der Waals surface area contributed by atoms with E-state index in [2.05, 4.69) is 15.3 Å². The maximum atomic E-state index is 12.4. The SMILES string of the molecule is N#Cc1c(NCc2ccccc2)n([C@@H]2O[C@H](CO)[C@@H](O)[C@H]2O)c2nc[nH]c(=O)c12. The van der Waals surface area contributed by atoms with Crippen LogP contribution in [0.3, 0.4) is 0 Å². The van der Waals surface area contributed by atoms with E-state index >= 15 is 0 Å². The van der Waals surface area contributed by atoms with Gasteiger partial charge in [0.2, 0.25) is 0 Å². The van der Waals surface area contributed by atoms with Crippen molar-refractivity contribution in [3.8, 4) is 6.07 Å². The van der Waals surface area contributed by atoms with Crippen molar-refractivity contribution in [1.29, 1.82) is 5.26 Å². The number of hydrogen-bond donors (Lipinski definition) is 5. The summed E-state index contributed by atoms with van der Waals surface area (Å²) in [5, 5.41) is 43.0. The van der Waals surface area contributed by atoms with Crippen LogP contribution in [0.2, 0.25) is 0 Å². The first-order valence-corrected chi connectivity index (χ1v) is 8.98. The molecule has 0 amide bonds. The van der Waals surface area contributed by atoms with Crippen LogP contribution in [-0.2, 0) is 11.3 Å². The molecule has 5 N–H and O–H groups in total. The molecule has 0 saturated carbocycles. The summed E-state index contributed by atoms with van der Waals surface area (Å²) < 4.78 is 7.02. The van der Waals surface area contributed by atoms with Gasteiger partial charge in [0.05, 0.1) is 12.9 Å². The third-order valence-corrected chi connectivity index (χ3v) is 4.98. The van der Waals surface area contributed by atoms with E-state index in [-0.39, 0.29) is 22.4 Å². The van der Waals surface area contributed by atoms with Gasteiger partial charge >= 0.3 is 0 Å². The van der Waals surface area contributed by atoms with E-state index in [0.717, 1.165) is 5.56 Å². The van der Waals surface area contributed by atoms with Crippen LogP contribution in [0.15, 0.2) is 41.5 Å². The van der Waals surface area contributed by atoms with Crippen molar-refractivity contribution in [3.63, 3.8) is 0 Å². The molecule has 0 radical (unpaired) electrons. The highest BCUT2D eigenvalue weighted by Crippen LogP contribution is 2.37. The molecule has 4 atom stereocenters. The van der Waals surface area contributed by atoms with Crippen LogP contribution in [-0.4, -0.2) is 54.8 Å². The van der Waals surface area contributed by atoms with E-state index in [1.807, 2.05) is 36.4 Å². The zero-order valence-electron chi connectivity index (χ0n) is 15.2. The molecule has 1 aliphatic rings. The van der Waals surface area contributed by atoms with Gasteiger partial charge in [-0.15, -0.1) is 0 Å². The summed E-state index contributed by atoms with van der Waals surface area (Å²) >= 11 is 0. The van der Waals surface area contributed by atoms with Gasteiger partial charge in [-0.25, -0.2) is 4.98 Å². The molecule has 2 aromatic heterocycles. The quantitative estimate of drug-likeness (QED) is 0.397. The highest BCUT2D eigenvalue weighted by molar-refractivity contribution is 5.89. The summed E-state index contributed by atoms with van der Waals surface area (Å²) in [6.07, 6.45) is -3.71. The molecule has 0 unspecified atom stereocenters. The van der Waals surface area contributed by atoms with Gasteiger partial charge in [0.15, 0.2) is 11.9 Å². The molecule has 0 spiro atoms. The molecule has 0 aliphatic carbocycles. The molecule has 29 heavy (non-hydrogen) atoms. The predicted molar refractivity (Wildman–Crippen MR) is 102 cm³/mol. The van der Waals surface area contributed by atoms with E-state index in [1.54, 1.807) is 0 Å². The normalized spacial score (nSPS) is 23.9. The lowest BCUT2D eigenvalue weighted by molar-refractivity contribution is -0.0499. The van der Waals surface area contributed by atoms with Gasteiger partial charge in [0, 0.05) is 6.54 Å². The molecule has 1 aliphatic heterocycles. The second kappa shape index (κ2) is 7.65. The Morgan fingerprint density at radius 3 is 2.69 bits per heavy atom. The number of H-pyrrole nitrogens is 1. The van der Waals surface area contributed by atoms with Crippen molar-refractivity contribution in [1.82, 2.24) is 14.5 Å². The average molecular weight is 397 g/mol. The molecule has 10 heteroatoms. The molecular formula is C19H19N5O5. The minimum atomic E-state index is -1.40. The molecule has 3 heterocycles. The number of benzene rings is 1. The van der Waals surface area contributed by atoms with Crippen LogP contribution in [0.25, 0.3) is 11.0 Å². The Bertz CT molecular complexity index is 1120. The molecule has 3 aromatic rings. The number of nitriles is 1. The standard InChI is InChI=1S/C19H19N5O5/c20-6-11-13-17(22-9-23-18(13)28)24(19-15(27)14(26)12(8-25)29-19)16(11)21-7-10-4-2-1-3-5-10/h1-5,9,12,14-15,19,21,25-27H,7-8H2,(H,22,23,28)/t12-,14-,15-,19-/m1/s1. The van der Waals surface area contributed by atoms with Crippen molar-refractivity contribution < 1.29 is 20.1 Å². The topological polar surface area (TPSA) is 156 Å². The van der Waals surface area contributed by atoms with Crippen molar-refractivity contribution in [2.45, 2.75) is 31.1 Å². The van der Waals surface area contributed by atoms with E-state index in [4.69, 9.17) is 4.74 Å². The van der Waals surface area contributed by atoms with E-state index < -0.39 is 36.7 Å². The van der Waals surface area contributed by atoms with Crippen LogP contribution in [0.5, 0.6) is 0 Å². The number of nitrogens with zero attached hydrogens (tertiary/aromatic N) is 3. The summed E-state index contributed by atoms with van der Waals surface area (Å²) in [5.74, 6) is 0.227. The second-order valence-corrected chi connectivity index (χ2v) is 6.70.